The molecule has 0 bridgehead atoms. The second kappa shape index (κ2) is 5.69. The first-order chi connectivity index (χ1) is 8.55. The highest BCUT2D eigenvalue weighted by Gasteiger charge is 2.27. The zero-order chi connectivity index (χ0) is 13.2. The molecule has 18 heavy (non-hydrogen) atoms. The summed E-state index contributed by atoms with van der Waals surface area (Å²) in [6, 6.07) is 1.68. The molecule has 0 aliphatic carbocycles. The first-order valence-corrected chi connectivity index (χ1v) is 8.51. The fourth-order valence-electron chi connectivity index (χ4n) is 2.18. The Bertz CT molecular complexity index is 499. The molecule has 0 unspecified atom stereocenters. The van der Waals surface area contributed by atoms with Gasteiger partial charge in [-0.2, -0.15) is 4.31 Å². The molecule has 4 nitrogen and oxygen atoms in total. The Morgan fingerprint density at radius 1 is 1.28 bits per heavy atom. The van der Waals surface area contributed by atoms with Gasteiger partial charge in [-0.3, -0.25) is 0 Å². The maximum atomic E-state index is 12.5. The van der Waals surface area contributed by atoms with Gasteiger partial charge in [0.05, 0.1) is 6.61 Å². The molecule has 0 aromatic carbocycles. The van der Waals surface area contributed by atoms with Gasteiger partial charge in [0.1, 0.15) is 4.21 Å². The fourth-order valence-corrected chi connectivity index (χ4v) is 5.30. The Balaban J connectivity index is 2.28. The Morgan fingerprint density at radius 2 is 1.89 bits per heavy atom. The molecule has 0 radical (unpaired) electrons. The van der Waals surface area contributed by atoms with E-state index in [4.69, 9.17) is 5.11 Å². The van der Waals surface area contributed by atoms with E-state index in [1.165, 1.54) is 11.3 Å². The summed E-state index contributed by atoms with van der Waals surface area (Å²) in [5.41, 5.74) is 0.857. The predicted octanol–water partition coefficient (Wildman–Crippen LogP) is 2.11. The summed E-state index contributed by atoms with van der Waals surface area (Å²) in [5.74, 6) is 0. The van der Waals surface area contributed by atoms with Gasteiger partial charge in [-0.05, 0) is 31.4 Å². The summed E-state index contributed by atoms with van der Waals surface area (Å²) in [7, 11) is -3.36. The number of hydrogen-bond acceptors (Lipinski definition) is 4. The SMILES string of the molecule is Cc1cc(S(=O)(=O)N2CCCCCC2)sc1CO. The average molecular weight is 289 g/mol. The summed E-state index contributed by atoms with van der Waals surface area (Å²) in [6.45, 7) is 2.98. The van der Waals surface area contributed by atoms with Gasteiger partial charge >= 0.3 is 0 Å². The molecule has 102 valence electrons. The van der Waals surface area contributed by atoms with Gasteiger partial charge in [0.25, 0.3) is 10.0 Å². The molecule has 1 fully saturated rings. The van der Waals surface area contributed by atoms with E-state index < -0.39 is 10.0 Å². The molecular weight excluding hydrogens is 270 g/mol. The van der Waals surface area contributed by atoms with Gasteiger partial charge in [-0.25, -0.2) is 8.42 Å². The molecule has 1 aliphatic rings. The maximum absolute atomic E-state index is 12.5. The largest absolute Gasteiger partial charge is 0.391 e. The van der Waals surface area contributed by atoms with Crippen molar-refractivity contribution in [3.8, 4) is 0 Å². The van der Waals surface area contributed by atoms with Gasteiger partial charge in [-0.15, -0.1) is 11.3 Å². The number of aryl methyl sites for hydroxylation is 1. The van der Waals surface area contributed by atoms with Crippen LogP contribution in [0.1, 0.15) is 36.1 Å². The highest BCUT2D eigenvalue weighted by atomic mass is 32.2. The van der Waals surface area contributed by atoms with E-state index in [2.05, 4.69) is 0 Å². The second-order valence-electron chi connectivity index (χ2n) is 4.65. The van der Waals surface area contributed by atoms with Crippen molar-refractivity contribution < 1.29 is 13.5 Å². The van der Waals surface area contributed by atoms with Crippen molar-refractivity contribution in [1.29, 1.82) is 0 Å². The van der Waals surface area contributed by atoms with E-state index in [-0.39, 0.29) is 6.61 Å². The van der Waals surface area contributed by atoms with E-state index in [1.54, 1.807) is 10.4 Å². The Hall–Kier alpha value is -0.430. The molecule has 0 atom stereocenters. The van der Waals surface area contributed by atoms with E-state index in [0.29, 0.717) is 17.3 Å². The van der Waals surface area contributed by atoms with E-state index in [1.807, 2.05) is 6.92 Å². The van der Waals surface area contributed by atoms with Gasteiger partial charge < -0.3 is 5.11 Å². The minimum Gasteiger partial charge on any atom is -0.391 e. The number of sulfonamides is 1. The van der Waals surface area contributed by atoms with Crippen molar-refractivity contribution in [3.05, 3.63) is 16.5 Å². The minimum atomic E-state index is -3.36. The van der Waals surface area contributed by atoms with Crippen LogP contribution in [0.4, 0.5) is 0 Å². The van der Waals surface area contributed by atoms with Crippen LogP contribution in [-0.2, 0) is 16.6 Å². The molecule has 0 amide bonds. The maximum Gasteiger partial charge on any atom is 0.252 e. The van der Waals surface area contributed by atoms with Crippen molar-refractivity contribution in [2.24, 2.45) is 0 Å². The number of aliphatic hydroxyl groups excluding tert-OH is 1. The number of hydrogen-bond donors (Lipinski definition) is 1. The molecular formula is C12H19NO3S2. The third-order valence-corrected chi connectivity index (χ3v) is 6.87. The Morgan fingerprint density at radius 3 is 2.39 bits per heavy atom. The first kappa shape index (κ1) is 14.0. The standard InChI is InChI=1S/C12H19NO3S2/c1-10-8-12(17-11(10)9-14)18(15,16)13-6-4-2-3-5-7-13/h8,14H,2-7,9H2,1H3. The minimum absolute atomic E-state index is 0.0913. The highest BCUT2D eigenvalue weighted by Crippen LogP contribution is 2.29. The number of thiophene rings is 1. The zero-order valence-corrected chi connectivity index (χ0v) is 12.2. The van der Waals surface area contributed by atoms with Crippen molar-refractivity contribution >= 4 is 21.4 Å². The van der Waals surface area contributed by atoms with E-state index >= 15 is 0 Å². The van der Waals surface area contributed by atoms with E-state index in [0.717, 1.165) is 36.1 Å². The predicted molar refractivity (Wildman–Crippen MR) is 72.2 cm³/mol. The van der Waals surface area contributed by atoms with Gasteiger partial charge in [0.15, 0.2) is 0 Å². The average Bonchev–Trinajstić information content (AvgIpc) is 2.55. The summed E-state index contributed by atoms with van der Waals surface area (Å²) in [6.07, 6.45) is 4.10. The number of nitrogens with zero attached hydrogens (tertiary/aromatic N) is 1. The number of aliphatic hydroxyl groups is 1. The second-order valence-corrected chi connectivity index (χ2v) is 7.95. The quantitative estimate of drug-likeness (QED) is 0.927. The topological polar surface area (TPSA) is 57.6 Å². The molecule has 1 aliphatic heterocycles. The van der Waals surface area contributed by atoms with Crippen molar-refractivity contribution in [2.45, 2.75) is 43.4 Å². The Labute approximate surface area is 112 Å². The number of rotatable bonds is 3. The third-order valence-electron chi connectivity index (χ3n) is 3.30. The molecule has 0 saturated carbocycles. The highest BCUT2D eigenvalue weighted by molar-refractivity contribution is 7.91. The van der Waals surface area contributed by atoms with Crippen LogP contribution in [0.25, 0.3) is 0 Å². The first-order valence-electron chi connectivity index (χ1n) is 6.26. The molecule has 1 saturated heterocycles. The van der Waals surface area contributed by atoms with Crippen molar-refractivity contribution in [1.82, 2.24) is 4.31 Å². The van der Waals surface area contributed by atoms with Crippen LogP contribution in [-0.4, -0.2) is 30.9 Å². The summed E-state index contributed by atoms with van der Waals surface area (Å²) >= 11 is 1.19. The summed E-state index contributed by atoms with van der Waals surface area (Å²) in [4.78, 5) is 0.739. The molecule has 6 heteroatoms. The van der Waals surface area contributed by atoms with Crippen molar-refractivity contribution in [2.75, 3.05) is 13.1 Å². The molecule has 1 aromatic rings. The van der Waals surface area contributed by atoms with Gasteiger partial charge in [0, 0.05) is 18.0 Å². The lowest BCUT2D eigenvalue weighted by Crippen LogP contribution is -2.31. The van der Waals surface area contributed by atoms with Crippen LogP contribution in [0.3, 0.4) is 0 Å². The van der Waals surface area contributed by atoms with Crippen LogP contribution < -0.4 is 0 Å². The van der Waals surface area contributed by atoms with Crippen LogP contribution in [0, 0.1) is 6.92 Å². The molecule has 2 heterocycles. The molecule has 1 aromatic heterocycles. The molecule has 1 N–H and O–H groups in total. The fraction of sp³-hybridized carbons (Fsp3) is 0.667. The third kappa shape index (κ3) is 2.77. The van der Waals surface area contributed by atoms with Gasteiger partial charge in [0.2, 0.25) is 0 Å². The molecule has 2 rings (SSSR count). The Kier molecular flexibility index (Phi) is 4.42. The van der Waals surface area contributed by atoms with Crippen LogP contribution in [0.5, 0.6) is 0 Å². The normalized spacial score (nSPS) is 18.8. The monoisotopic (exact) mass is 289 g/mol. The smallest absolute Gasteiger partial charge is 0.252 e. The lowest BCUT2D eigenvalue weighted by molar-refractivity contribution is 0.285. The lowest BCUT2D eigenvalue weighted by atomic mass is 10.2. The van der Waals surface area contributed by atoms with E-state index in [9.17, 15) is 8.42 Å². The molecule has 0 spiro atoms. The van der Waals surface area contributed by atoms with Crippen LogP contribution in [0.15, 0.2) is 10.3 Å². The van der Waals surface area contributed by atoms with Crippen molar-refractivity contribution in [3.63, 3.8) is 0 Å². The van der Waals surface area contributed by atoms with Crippen LogP contribution in [0.2, 0.25) is 0 Å². The lowest BCUT2D eigenvalue weighted by Gasteiger charge is -2.18. The zero-order valence-electron chi connectivity index (χ0n) is 10.6. The van der Waals surface area contributed by atoms with Crippen LogP contribution >= 0.6 is 11.3 Å². The summed E-state index contributed by atoms with van der Waals surface area (Å²) < 4.78 is 26.9. The summed E-state index contributed by atoms with van der Waals surface area (Å²) in [5, 5.41) is 9.15. The van der Waals surface area contributed by atoms with Gasteiger partial charge in [-0.1, -0.05) is 12.8 Å².